The fraction of sp³-hybridized carbons (Fsp3) is 0.839. The van der Waals surface area contributed by atoms with Crippen molar-refractivity contribution in [2.75, 3.05) is 7.11 Å². The Balaban J connectivity index is 1.30. The van der Waals surface area contributed by atoms with Crippen molar-refractivity contribution in [3.63, 3.8) is 0 Å². The molecule has 0 bridgehead atoms. The van der Waals surface area contributed by atoms with Crippen LogP contribution in [0.3, 0.4) is 0 Å². The lowest BCUT2D eigenvalue weighted by Gasteiger charge is -2.63. The molecule has 9 nitrogen and oxygen atoms in total. The number of hydrogen-bond donors (Lipinski definition) is 1. The Hall–Kier alpha value is -1.81. The number of methoxy groups -OCH3 is 1. The Labute approximate surface area is 235 Å². The first-order valence-corrected chi connectivity index (χ1v) is 14.9. The zero-order valence-electron chi connectivity index (χ0n) is 24.6. The summed E-state index contributed by atoms with van der Waals surface area (Å²) in [5.74, 6) is -1.35. The molecular formula is C31H42O9. The summed E-state index contributed by atoms with van der Waals surface area (Å²) in [4.78, 5) is 39.0. The molecule has 3 aliphatic heterocycles. The number of carbonyl (C=O) groups excluding carboxylic acids is 3. The Bertz CT molecular complexity index is 1240. The van der Waals surface area contributed by atoms with Crippen LogP contribution in [0.2, 0.25) is 0 Å². The predicted octanol–water partition coefficient (Wildman–Crippen LogP) is 3.05. The highest BCUT2D eigenvalue weighted by Gasteiger charge is 2.92. The Morgan fingerprint density at radius 1 is 1.12 bits per heavy atom. The van der Waals surface area contributed by atoms with E-state index in [1.54, 1.807) is 14.0 Å². The highest BCUT2D eigenvalue weighted by molar-refractivity contribution is 5.90. The van der Waals surface area contributed by atoms with Gasteiger partial charge in [0, 0.05) is 50.2 Å². The number of ketones is 1. The van der Waals surface area contributed by atoms with Crippen molar-refractivity contribution in [2.24, 2.45) is 28.6 Å². The standard InChI is InChI=1S/C31H42O9/c1-14-10-21(38-26(34)15(14)2)16(3)31-25(40-31)24(37-17(4)32)30(35)20-12-23-29(39-23)13-18(36-7)11-22(33)28(29,6)19(20)8-9-27(30,31)5/h16,18-21,23-25,35H,8-13H2,1-7H3/t16-,18-,19+,20-,21-,23-,24+,25+,27+,28+,29-,30-,31+/m1/s1. The Kier molecular flexibility index (Phi) is 5.39. The van der Waals surface area contributed by atoms with Gasteiger partial charge in [0.2, 0.25) is 0 Å². The van der Waals surface area contributed by atoms with Gasteiger partial charge in [-0.15, -0.1) is 0 Å². The summed E-state index contributed by atoms with van der Waals surface area (Å²) >= 11 is 0. The Morgan fingerprint density at radius 3 is 2.50 bits per heavy atom. The van der Waals surface area contributed by atoms with Crippen molar-refractivity contribution in [1.82, 2.24) is 0 Å². The molecular weight excluding hydrogens is 516 g/mol. The highest BCUT2D eigenvalue weighted by Crippen LogP contribution is 2.79. The molecule has 1 N–H and O–H groups in total. The number of hydrogen-bond acceptors (Lipinski definition) is 9. The van der Waals surface area contributed by atoms with Crippen molar-refractivity contribution < 1.29 is 43.2 Å². The van der Waals surface area contributed by atoms with Gasteiger partial charge in [-0.25, -0.2) is 4.79 Å². The van der Waals surface area contributed by atoms with E-state index in [9.17, 15) is 19.5 Å². The van der Waals surface area contributed by atoms with Gasteiger partial charge in [0.15, 0.2) is 6.10 Å². The average Bonchev–Trinajstić information content (AvgIpc) is 3.80. The second-order valence-corrected chi connectivity index (χ2v) is 14.2. The van der Waals surface area contributed by atoms with Crippen LogP contribution in [0.4, 0.5) is 0 Å². The molecule has 0 aromatic rings. The monoisotopic (exact) mass is 558 g/mol. The highest BCUT2D eigenvalue weighted by atomic mass is 16.7. The van der Waals surface area contributed by atoms with Gasteiger partial charge in [0.05, 0.1) is 17.6 Å². The molecule has 0 unspecified atom stereocenters. The minimum absolute atomic E-state index is 0.127. The lowest BCUT2D eigenvalue weighted by molar-refractivity contribution is -0.262. The van der Waals surface area contributed by atoms with E-state index < -0.39 is 51.9 Å². The maximum Gasteiger partial charge on any atom is 0.333 e. The van der Waals surface area contributed by atoms with Crippen molar-refractivity contribution >= 4 is 17.7 Å². The third kappa shape index (κ3) is 2.81. The first-order valence-electron chi connectivity index (χ1n) is 14.9. The molecule has 0 aromatic carbocycles. The number of fused-ring (bicyclic) bond motifs is 6. The van der Waals surface area contributed by atoms with Gasteiger partial charge in [0.1, 0.15) is 34.8 Å². The number of Topliss-reactive ketones (excluding diaryl/α,β-unsaturated/α-hetero) is 1. The van der Waals surface area contributed by atoms with Gasteiger partial charge in [0.25, 0.3) is 0 Å². The SMILES string of the molecule is CO[C@@H]1CC(=O)[C@]2(C)[C@H]3CC[C@@]4(C)[C@@](O)([C@@H]3C[C@H]3O[C@]32C1)[C@@H](OC(C)=O)[C@@H]1O[C@@]14[C@H](C)[C@H]1CC(C)=C(C)C(=O)O1. The smallest absolute Gasteiger partial charge is 0.333 e. The zero-order valence-corrected chi connectivity index (χ0v) is 24.6. The van der Waals surface area contributed by atoms with Gasteiger partial charge >= 0.3 is 11.9 Å². The van der Waals surface area contributed by atoms with Crippen molar-refractivity contribution in [3.8, 4) is 0 Å². The molecule has 40 heavy (non-hydrogen) atoms. The fourth-order valence-corrected chi connectivity index (χ4v) is 10.7. The first-order chi connectivity index (χ1) is 18.7. The second kappa shape index (κ2) is 7.97. The lowest BCUT2D eigenvalue weighted by Crippen LogP contribution is -2.71. The normalized spacial score (nSPS) is 54.8. The summed E-state index contributed by atoms with van der Waals surface area (Å²) in [6.45, 7) is 11.2. The summed E-state index contributed by atoms with van der Waals surface area (Å²) in [6, 6.07) is 0. The number of aliphatic hydroxyl groups is 1. The minimum Gasteiger partial charge on any atom is -0.458 e. The molecule has 4 aliphatic carbocycles. The van der Waals surface area contributed by atoms with Gasteiger partial charge in [-0.05, 0) is 51.9 Å². The van der Waals surface area contributed by atoms with Crippen LogP contribution < -0.4 is 0 Å². The molecule has 7 rings (SSSR count). The third-order valence-electron chi connectivity index (χ3n) is 13.1. The van der Waals surface area contributed by atoms with E-state index in [2.05, 4.69) is 6.92 Å². The fourth-order valence-electron chi connectivity index (χ4n) is 10.7. The molecule has 3 heterocycles. The van der Waals surface area contributed by atoms with Gasteiger partial charge in [-0.2, -0.15) is 0 Å². The molecule has 6 fully saturated rings. The summed E-state index contributed by atoms with van der Waals surface area (Å²) in [6.07, 6.45) is 1.37. The van der Waals surface area contributed by atoms with Crippen LogP contribution in [-0.4, -0.2) is 77.3 Å². The number of carbonyl (C=O) groups is 3. The summed E-state index contributed by atoms with van der Waals surface area (Å²) in [7, 11) is 1.65. The third-order valence-corrected chi connectivity index (χ3v) is 13.1. The van der Waals surface area contributed by atoms with Crippen LogP contribution in [0.15, 0.2) is 11.1 Å². The number of epoxide rings is 2. The largest absolute Gasteiger partial charge is 0.458 e. The minimum atomic E-state index is -1.43. The van der Waals surface area contributed by atoms with Crippen LogP contribution in [0.5, 0.6) is 0 Å². The molecule has 0 aromatic heterocycles. The summed E-state index contributed by atoms with van der Waals surface area (Å²) < 4.78 is 30.5. The van der Waals surface area contributed by atoms with Crippen LogP contribution in [0.1, 0.15) is 80.1 Å². The quantitative estimate of drug-likeness (QED) is 0.409. The van der Waals surface area contributed by atoms with Gasteiger partial charge in [-0.3, -0.25) is 9.59 Å². The topological polar surface area (TPSA) is 124 Å². The molecule has 1 spiro atoms. The van der Waals surface area contributed by atoms with Crippen molar-refractivity contribution in [3.05, 3.63) is 11.1 Å². The van der Waals surface area contributed by atoms with Crippen molar-refractivity contribution in [1.29, 1.82) is 0 Å². The van der Waals surface area contributed by atoms with E-state index in [1.807, 2.05) is 20.8 Å². The molecule has 9 heteroatoms. The molecule has 7 aliphatic rings. The average molecular weight is 559 g/mol. The van der Waals surface area contributed by atoms with Crippen LogP contribution in [0.25, 0.3) is 0 Å². The van der Waals surface area contributed by atoms with Crippen LogP contribution >= 0.6 is 0 Å². The summed E-state index contributed by atoms with van der Waals surface area (Å²) in [5.41, 5.74) is -2.74. The Morgan fingerprint density at radius 2 is 1.85 bits per heavy atom. The van der Waals surface area contributed by atoms with Gasteiger partial charge in [-0.1, -0.05) is 19.4 Å². The van der Waals surface area contributed by atoms with E-state index in [1.165, 1.54) is 6.92 Å². The van der Waals surface area contributed by atoms with Crippen molar-refractivity contribution in [2.45, 2.75) is 127 Å². The van der Waals surface area contributed by atoms with E-state index in [0.717, 1.165) is 12.0 Å². The van der Waals surface area contributed by atoms with E-state index in [4.69, 9.17) is 23.7 Å². The molecule has 13 atom stereocenters. The van der Waals surface area contributed by atoms with Crippen LogP contribution in [0, 0.1) is 28.6 Å². The lowest BCUT2D eigenvalue weighted by atomic mass is 9.42. The maximum absolute atomic E-state index is 13.9. The summed E-state index contributed by atoms with van der Waals surface area (Å²) in [5, 5.41) is 13.1. The number of cyclic esters (lactones) is 1. The van der Waals surface area contributed by atoms with Crippen LogP contribution in [-0.2, 0) is 38.1 Å². The maximum atomic E-state index is 13.9. The van der Waals surface area contributed by atoms with Gasteiger partial charge < -0.3 is 28.8 Å². The first kappa shape index (κ1) is 27.0. The molecule has 0 radical (unpaired) electrons. The molecule has 2 saturated heterocycles. The van der Waals surface area contributed by atoms with E-state index >= 15 is 0 Å². The number of rotatable bonds is 4. The molecule has 220 valence electrons. The van der Waals surface area contributed by atoms with E-state index in [-0.39, 0.29) is 41.7 Å². The molecule has 4 saturated carbocycles. The zero-order chi connectivity index (χ0) is 28.8. The number of ether oxygens (including phenoxy) is 5. The van der Waals surface area contributed by atoms with E-state index in [0.29, 0.717) is 37.7 Å². The number of esters is 2. The molecule has 0 amide bonds. The predicted molar refractivity (Wildman–Crippen MR) is 140 cm³/mol. The second-order valence-electron chi connectivity index (χ2n) is 14.2.